The fourth-order valence-electron chi connectivity index (χ4n) is 1.47. The maximum atomic E-state index is 5.35. The quantitative estimate of drug-likeness (QED) is 0.840. The molecule has 0 aliphatic carbocycles. The normalized spacial score (nSPS) is 12.5. The van der Waals surface area contributed by atoms with E-state index in [4.69, 9.17) is 9.47 Å². The number of halogens is 1. The molecule has 0 radical (unpaired) electrons. The largest absolute Gasteiger partial charge is 0.496 e. The van der Waals surface area contributed by atoms with Crippen LogP contribution in [0.3, 0.4) is 0 Å². The number of ether oxygens (including phenoxy) is 2. The Bertz CT molecular complexity index is 344. The Labute approximate surface area is 112 Å². The highest BCUT2D eigenvalue weighted by Crippen LogP contribution is 2.25. The van der Waals surface area contributed by atoms with Gasteiger partial charge in [0, 0.05) is 19.2 Å². The molecule has 96 valence electrons. The molecule has 4 heteroatoms. The molecule has 1 atom stereocenters. The third-order valence-corrected chi connectivity index (χ3v) is 3.06. The number of hydrogen-bond acceptors (Lipinski definition) is 3. The molecule has 1 N–H and O–H groups in total. The molecule has 1 aromatic carbocycles. The molecular weight excluding hydrogens is 282 g/mol. The summed E-state index contributed by atoms with van der Waals surface area (Å²) in [4.78, 5) is 0. The van der Waals surface area contributed by atoms with Gasteiger partial charge in [-0.2, -0.15) is 0 Å². The zero-order chi connectivity index (χ0) is 12.7. The third kappa shape index (κ3) is 5.06. The first-order valence-corrected chi connectivity index (χ1v) is 6.60. The van der Waals surface area contributed by atoms with E-state index in [0.717, 1.165) is 30.0 Å². The Hall–Kier alpha value is -0.580. The molecule has 1 aromatic rings. The van der Waals surface area contributed by atoms with Crippen LogP contribution >= 0.6 is 15.9 Å². The molecule has 0 amide bonds. The van der Waals surface area contributed by atoms with Crippen LogP contribution in [0, 0.1) is 0 Å². The van der Waals surface area contributed by atoms with Crippen molar-refractivity contribution < 1.29 is 9.47 Å². The lowest BCUT2D eigenvalue weighted by molar-refractivity contribution is 0.127. The number of rotatable bonds is 7. The lowest BCUT2D eigenvalue weighted by Crippen LogP contribution is -2.30. The van der Waals surface area contributed by atoms with E-state index in [0.29, 0.717) is 6.04 Å². The highest BCUT2D eigenvalue weighted by molar-refractivity contribution is 9.10. The average molecular weight is 302 g/mol. The molecule has 1 rings (SSSR count). The predicted octanol–water partition coefficient (Wildman–Crippen LogP) is 2.97. The highest BCUT2D eigenvalue weighted by atomic mass is 79.9. The number of benzene rings is 1. The summed E-state index contributed by atoms with van der Waals surface area (Å²) >= 11 is 3.48. The first-order chi connectivity index (χ1) is 8.17. The molecule has 0 fully saturated rings. The smallest absolute Gasteiger partial charge is 0.133 e. The predicted molar refractivity (Wildman–Crippen MR) is 73.5 cm³/mol. The van der Waals surface area contributed by atoms with Crippen molar-refractivity contribution in [1.29, 1.82) is 0 Å². The molecule has 0 bridgehead atoms. The second-order valence-electron chi connectivity index (χ2n) is 3.91. The first-order valence-electron chi connectivity index (χ1n) is 5.81. The van der Waals surface area contributed by atoms with Gasteiger partial charge in [0.2, 0.25) is 0 Å². The van der Waals surface area contributed by atoms with Crippen molar-refractivity contribution in [3.8, 4) is 5.75 Å². The van der Waals surface area contributed by atoms with Crippen molar-refractivity contribution in [3.63, 3.8) is 0 Å². The van der Waals surface area contributed by atoms with Gasteiger partial charge in [-0.25, -0.2) is 0 Å². The van der Waals surface area contributed by atoms with Gasteiger partial charge in [-0.05, 0) is 47.5 Å². The third-order valence-electron chi connectivity index (χ3n) is 2.44. The summed E-state index contributed by atoms with van der Waals surface area (Å²) in [6.07, 6.45) is 0. The van der Waals surface area contributed by atoms with Crippen LogP contribution in [0.1, 0.15) is 19.4 Å². The first kappa shape index (κ1) is 14.5. The van der Waals surface area contributed by atoms with Crippen LogP contribution in [0.5, 0.6) is 5.75 Å². The lowest BCUT2D eigenvalue weighted by Gasteiger charge is -2.14. The summed E-state index contributed by atoms with van der Waals surface area (Å²) in [5.74, 6) is 0.858. The Morgan fingerprint density at radius 1 is 1.41 bits per heavy atom. The fraction of sp³-hybridized carbons (Fsp3) is 0.538. The summed E-state index contributed by atoms with van der Waals surface area (Å²) in [7, 11) is 1.67. The van der Waals surface area contributed by atoms with Crippen LogP contribution in [0.15, 0.2) is 22.7 Å². The minimum absolute atomic E-state index is 0.357. The van der Waals surface area contributed by atoms with Crippen molar-refractivity contribution in [3.05, 3.63) is 28.2 Å². The Balaban J connectivity index is 2.44. The van der Waals surface area contributed by atoms with Crippen LogP contribution < -0.4 is 10.1 Å². The van der Waals surface area contributed by atoms with Gasteiger partial charge < -0.3 is 14.8 Å². The Kier molecular flexibility index (Phi) is 6.55. The van der Waals surface area contributed by atoms with Gasteiger partial charge in [0.25, 0.3) is 0 Å². The number of hydrogen-bond donors (Lipinski definition) is 1. The lowest BCUT2D eigenvalue weighted by atomic mass is 10.2. The van der Waals surface area contributed by atoms with Crippen LogP contribution in [0.4, 0.5) is 0 Å². The van der Waals surface area contributed by atoms with Gasteiger partial charge in [0.1, 0.15) is 5.75 Å². The number of methoxy groups -OCH3 is 1. The van der Waals surface area contributed by atoms with Gasteiger partial charge in [-0.15, -0.1) is 0 Å². The maximum absolute atomic E-state index is 5.35. The van der Waals surface area contributed by atoms with E-state index in [-0.39, 0.29) is 0 Å². The van der Waals surface area contributed by atoms with Crippen LogP contribution in [0.25, 0.3) is 0 Å². The van der Waals surface area contributed by atoms with Gasteiger partial charge in [0.15, 0.2) is 0 Å². The second kappa shape index (κ2) is 7.69. The van der Waals surface area contributed by atoms with E-state index < -0.39 is 0 Å². The standard InChI is InChI=1S/C13H20BrNO2/c1-4-17-9-10(2)15-8-11-5-6-13(16-3)12(14)7-11/h5-7,10,15H,4,8-9H2,1-3H3. The molecule has 17 heavy (non-hydrogen) atoms. The highest BCUT2D eigenvalue weighted by Gasteiger charge is 2.04. The van der Waals surface area contributed by atoms with Crippen LogP contribution in [0.2, 0.25) is 0 Å². The SMILES string of the molecule is CCOCC(C)NCc1ccc(OC)c(Br)c1. The summed E-state index contributed by atoms with van der Waals surface area (Å²) in [5.41, 5.74) is 1.22. The van der Waals surface area contributed by atoms with Crippen LogP contribution in [-0.2, 0) is 11.3 Å². The molecule has 0 saturated carbocycles. The molecular formula is C13H20BrNO2. The van der Waals surface area contributed by atoms with E-state index in [1.165, 1.54) is 5.56 Å². The summed E-state index contributed by atoms with van der Waals surface area (Å²) in [6.45, 7) is 6.46. The van der Waals surface area contributed by atoms with Gasteiger partial charge in [-0.3, -0.25) is 0 Å². The fourth-order valence-corrected chi connectivity index (χ4v) is 2.05. The zero-order valence-electron chi connectivity index (χ0n) is 10.6. The minimum Gasteiger partial charge on any atom is -0.496 e. The maximum Gasteiger partial charge on any atom is 0.133 e. The summed E-state index contributed by atoms with van der Waals surface area (Å²) in [6, 6.07) is 6.45. The second-order valence-corrected chi connectivity index (χ2v) is 4.76. The van der Waals surface area contributed by atoms with E-state index in [2.05, 4.69) is 40.3 Å². The monoisotopic (exact) mass is 301 g/mol. The van der Waals surface area contributed by atoms with Crippen molar-refractivity contribution >= 4 is 15.9 Å². The molecule has 3 nitrogen and oxygen atoms in total. The summed E-state index contributed by atoms with van der Waals surface area (Å²) < 4.78 is 11.5. The Morgan fingerprint density at radius 3 is 2.76 bits per heavy atom. The van der Waals surface area contributed by atoms with Crippen molar-refractivity contribution in [2.45, 2.75) is 26.4 Å². The van der Waals surface area contributed by atoms with Gasteiger partial charge in [0.05, 0.1) is 18.2 Å². The average Bonchev–Trinajstić information content (AvgIpc) is 2.34. The van der Waals surface area contributed by atoms with E-state index in [1.54, 1.807) is 7.11 Å². The van der Waals surface area contributed by atoms with Crippen molar-refractivity contribution in [2.75, 3.05) is 20.3 Å². The zero-order valence-corrected chi connectivity index (χ0v) is 12.2. The minimum atomic E-state index is 0.357. The molecule has 0 aliphatic rings. The summed E-state index contributed by atoms with van der Waals surface area (Å²) in [5, 5.41) is 3.41. The molecule has 0 saturated heterocycles. The van der Waals surface area contributed by atoms with Crippen molar-refractivity contribution in [1.82, 2.24) is 5.32 Å². The van der Waals surface area contributed by atoms with Crippen LogP contribution in [-0.4, -0.2) is 26.4 Å². The van der Waals surface area contributed by atoms with Gasteiger partial charge >= 0.3 is 0 Å². The molecule has 1 unspecified atom stereocenters. The number of nitrogens with one attached hydrogen (secondary N) is 1. The van der Waals surface area contributed by atoms with Gasteiger partial charge in [-0.1, -0.05) is 6.07 Å². The molecule has 0 aromatic heterocycles. The molecule has 0 aliphatic heterocycles. The van der Waals surface area contributed by atoms with Crippen molar-refractivity contribution in [2.24, 2.45) is 0 Å². The van der Waals surface area contributed by atoms with E-state index in [1.807, 2.05) is 13.0 Å². The van der Waals surface area contributed by atoms with E-state index >= 15 is 0 Å². The molecule has 0 heterocycles. The molecule has 0 spiro atoms. The van der Waals surface area contributed by atoms with E-state index in [9.17, 15) is 0 Å². The Morgan fingerprint density at radius 2 is 2.18 bits per heavy atom. The topological polar surface area (TPSA) is 30.5 Å².